The molecule has 1 aliphatic heterocycles. The second kappa shape index (κ2) is 11.7. The van der Waals surface area contributed by atoms with E-state index in [0.29, 0.717) is 45.7 Å². The van der Waals surface area contributed by atoms with Crippen LogP contribution in [-0.4, -0.2) is 29.6 Å². The SMILES string of the molecule is COc1cc(/C=C2/SC(=Nc3ccc(C)cc3)N(CC(C)C)C2=O)ccc1OCc1ccccc1Cl. The molecule has 4 rings (SSSR count). The number of halogens is 1. The van der Waals surface area contributed by atoms with Crippen molar-refractivity contribution in [3.63, 3.8) is 0 Å². The Labute approximate surface area is 221 Å². The van der Waals surface area contributed by atoms with E-state index in [0.717, 1.165) is 16.8 Å². The number of aryl methyl sites for hydroxylation is 1. The number of amidine groups is 1. The van der Waals surface area contributed by atoms with Gasteiger partial charge in [0, 0.05) is 17.1 Å². The number of aliphatic imine (C=N–C) groups is 1. The van der Waals surface area contributed by atoms with Crippen LogP contribution in [0.2, 0.25) is 5.02 Å². The molecule has 0 radical (unpaired) electrons. The zero-order valence-corrected chi connectivity index (χ0v) is 22.4. The van der Waals surface area contributed by atoms with Crippen LogP contribution in [0.25, 0.3) is 6.08 Å². The maximum atomic E-state index is 13.3. The summed E-state index contributed by atoms with van der Waals surface area (Å²) in [5.74, 6) is 1.46. The number of thioether (sulfide) groups is 1. The Balaban J connectivity index is 1.57. The first-order valence-electron chi connectivity index (χ1n) is 11.7. The number of carbonyl (C=O) groups excluding carboxylic acids is 1. The normalized spacial score (nSPS) is 15.8. The third kappa shape index (κ3) is 6.31. The molecule has 186 valence electrons. The molecule has 3 aromatic carbocycles. The Hall–Kier alpha value is -3.22. The van der Waals surface area contributed by atoms with E-state index in [1.807, 2.05) is 79.7 Å². The predicted molar refractivity (Wildman–Crippen MR) is 149 cm³/mol. The van der Waals surface area contributed by atoms with Gasteiger partial charge in [-0.05, 0) is 66.6 Å². The highest BCUT2D eigenvalue weighted by atomic mass is 35.5. The van der Waals surface area contributed by atoms with Crippen LogP contribution in [0.1, 0.15) is 30.5 Å². The van der Waals surface area contributed by atoms with E-state index < -0.39 is 0 Å². The van der Waals surface area contributed by atoms with E-state index in [9.17, 15) is 4.79 Å². The highest BCUT2D eigenvalue weighted by Crippen LogP contribution is 2.36. The quantitative estimate of drug-likeness (QED) is 0.288. The summed E-state index contributed by atoms with van der Waals surface area (Å²) in [5, 5.41) is 1.35. The molecule has 0 bridgehead atoms. The zero-order valence-electron chi connectivity index (χ0n) is 20.8. The van der Waals surface area contributed by atoms with Crippen LogP contribution in [0.5, 0.6) is 11.5 Å². The maximum absolute atomic E-state index is 13.3. The summed E-state index contributed by atoms with van der Waals surface area (Å²) in [7, 11) is 1.60. The average molecular weight is 521 g/mol. The number of hydrogen-bond donors (Lipinski definition) is 0. The Morgan fingerprint density at radius 2 is 1.81 bits per heavy atom. The average Bonchev–Trinajstić information content (AvgIpc) is 3.13. The molecule has 1 amide bonds. The highest BCUT2D eigenvalue weighted by Gasteiger charge is 2.33. The smallest absolute Gasteiger partial charge is 0.266 e. The highest BCUT2D eigenvalue weighted by molar-refractivity contribution is 8.18. The second-order valence-electron chi connectivity index (χ2n) is 8.94. The van der Waals surface area contributed by atoms with Gasteiger partial charge in [-0.3, -0.25) is 9.69 Å². The van der Waals surface area contributed by atoms with Crippen LogP contribution in [0, 0.1) is 12.8 Å². The fourth-order valence-electron chi connectivity index (χ4n) is 3.66. The number of hydrogen-bond acceptors (Lipinski definition) is 5. The van der Waals surface area contributed by atoms with Crippen molar-refractivity contribution in [3.8, 4) is 11.5 Å². The van der Waals surface area contributed by atoms with Crippen molar-refractivity contribution < 1.29 is 14.3 Å². The van der Waals surface area contributed by atoms with Crippen LogP contribution in [0.3, 0.4) is 0 Å². The number of carbonyl (C=O) groups is 1. The Bertz CT molecular complexity index is 1300. The van der Waals surface area contributed by atoms with E-state index >= 15 is 0 Å². The minimum atomic E-state index is -0.0439. The molecule has 3 aromatic rings. The molecule has 1 heterocycles. The molecule has 1 fully saturated rings. The lowest BCUT2D eigenvalue weighted by Gasteiger charge is -2.17. The molecular weight excluding hydrogens is 492 g/mol. The lowest BCUT2D eigenvalue weighted by atomic mass is 10.1. The first-order valence-corrected chi connectivity index (χ1v) is 12.9. The number of amides is 1. The molecule has 0 saturated carbocycles. The Kier molecular flexibility index (Phi) is 8.39. The van der Waals surface area contributed by atoms with E-state index in [1.165, 1.54) is 17.3 Å². The summed E-state index contributed by atoms with van der Waals surface area (Å²) in [6, 6.07) is 21.2. The van der Waals surface area contributed by atoms with E-state index in [-0.39, 0.29) is 5.91 Å². The monoisotopic (exact) mass is 520 g/mol. The minimum Gasteiger partial charge on any atom is -0.493 e. The topological polar surface area (TPSA) is 51.1 Å². The van der Waals surface area contributed by atoms with Crippen molar-refractivity contribution in [3.05, 3.63) is 93.3 Å². The maximum Gasteiger partial charge on any atom is 0.266 e. The van der Waals surface area contributed by atoms with Gasteiger partial charge in [-0.15, -0.1) is 0 Å². The fraction of sp³-hybridized carbons (Fsp3) is 0.241. The fourth-order valence-corrected chi connectivity index (χ4v) is 4.86. The second-order valence-corrected chi connectivity index (χ2v) is 10.4. The van der Waals surface area contributed by atoms with Gasteiger partial charge in [-0.25, -0.2) is 4.99 Å². The molecule has 1 saturated heterocycles. The molecule has 7 heteroatoms. The van der Waals surface area contributed by atoms with Gasteiger partial charge in [0.05, 0.1) is 17.7 Å². The van der Waals surface area contributed by atoms with Gasteiger partial charge in [0.15, 0.2) is 16.7 Å². The van der Waals surface area contributed by atoms with Gasteiger partial charge < -0.3 is 9.47 Å². The zero-order chi connectivity index (χ0) is 25.7. The van der Waals surface area contributed by atoms with Crippen molar-refractivity contribution in [1.29, 1.82) is 0 Å². The van der Waals surface area contributed by atoms with Gasteiger partial charge in [-0.2, -0.15) is 0 Å². The molecule has 5 nitrogen and oxygen atoms in total. The van der Waals surface area contributed by atoms with Crippen molar-refractivity contribution >= 4 is 46.2 Å². The van der Waals surface area contributed by atoms with Crippen LogP contribution >= 0.6 is 23.4 Å². The lowest BCUT2D eigenvalue weighted by molar-refractivity contribution is -0.122. The third-order valence-electron chi connectivity index (χ3n) is 5.52. The van der Waals surface area contributed by atoms with Crippen molar-refractivity contribution in [2.75, 3.05) is 13.7 Å². The number of rotatable bonds is 8. The molecule has 0 aliphatic carbocycles. The summed E-state index contributed by atoms with van der Waals surface area (Å²) in [4.78, 5) is 20.5. The molecule has 0 atom stereocenters. The number of benzene rings is 3. The molecule has 1 aliphatic rings. The lowest BCUT2D eigenvalue weighted by Crippen LogP contribution is -2.32. The van der Waals surface area contributed by atoms with E-state index in [4.69, 9.17) is 26.1 Å². The Morgan fingerprint density at radius 3 is 2.50 bits per heavy atom. The van der Waals surface area contributed by atoms with Crippen molar-refractivity contribution in [2.45, 2.75) is 27.4 Å². The molecule has 0 aromatic heterocycles. The first-order chi connectivity index (χ1) is 17.3. The third-order valence-corrected chi connectivity index (χ3v) is 6.90. The Morgan fingerprint density at radius 1 is 1.06 bits per heavy atom. The summed E-state index contributed by atoms with van der Waals surface area (Å²) < 4.78 is 11.5. The van der Waals surface area contributed by atoms with Gasteiger partial charge in [0.25, 0.3) is 5.91 Å². The van der Waals surface area contributed by atoms with Crippen LogP contribution in [-0.2, 0) is 11.4 Å². The largest absolute Gasteiger partial charge is 0.493 e. The van der Waals surface area contributed by atoms with Gasteiger partial charge in [0.1, 0.15) is 6.61 Å². The molecule has 0 unspecified atom stereocenters. The minimum absolute atomic E-state index is 0.0439. The number of ether oxygens (including phenoxy) is 2. The summed E-state index contributed by atoms with van der Waals surface area (Å²) in [5.41, 5.74) is 3.73. The summed E-state index contributed by atoms with van der Waals surface area (Å²) in [6.07, 6.45) is 1.87. The number of methoxy groups -OCH3 is 1. The van der Waals surface area contributed by atoms with E-state index in [1.54, 1.807) is 12.0 Å². The van der Waals surface area contributed by atoms with Crippen LogP contribution in [0.15, 0.2) is 76.6 Å². The predicted octanol–water partition coefficient (Wildman–Crippen LogP) is 7.50. The van der Waals surface area contributed by atoms with Crippen LogP contribution < -0.4 is 9.47 Å². The number of nitrogens with zero attached hydrogens (tertiary/aromatic N) is 2. The molecule has 36 heavy (non-hydrogen) atoms. The van der Waals surface area contributed by atoms with E-state index in [2.05, 4.69) is 13.8 Å². The molecule has 0 N–H and O–H groups in total. The molecule has 0 spiro atoms. The standard InChI is InChI=1S/C29H29ClN2O3S/c1-19(2)17-32-28(33)27(36-29(32)31-23-12-9-20(3)10-13-23)16-21-11-14-25(26(15-21)34-4)35-18-22-7-5-6-8-24(22)30/h5-16,19H,17-18H2,1-4H3/b27-16+,31-29?. The van der Waals surface area contributed by atoms with Gasteiger partial charge in [-0.1, -0.05) is 67.4 Å². The van der Waals surface area contributed by atoms with Crippen LogP contribution in [0.4, 0.5) is 5.69 Å². The van der Waals surface area contributed by atoms with Gasteiger partial charge in [0.2, 0.25) is 0 Å². The first kappa shape index (κ1) is 25.9. The van der Waals surface area contributed by atoms with Gasteiger partial charge >= 0.3 is 0 Å². The summed E-state index contributed by atoms with van der Waals surface area (Å²) in [6.45, 7) is 7.16. The van der Waals surface area contributed by atoms with Crippen molar-refractivity contribution in [1.82, 2.24) is 4.90 Å². The van der Waals surface area contributed by atoms with Crippen molar-refractivity contribution in [2.24, 2.45) is 10.9 Å². The summed E-state index contributed by atoms with van der Waals surface area (Å²) >= 11 is 7.63. The molecular formula is C29H29ClN2O3S.